The molecule has 1 atom stereocenters. The van der Waals surface area contributed by atoms with Gasteiger partial charge in [-0.1, -0.05) is 23.9 Å². The normalized spacial score (nSPS) is 15.8. The van der Waals surface area contributed by atoms with Crippen molar-refractivity contribution in [1.29, 1.82) is 0 Å². The second-order valence-electron chi connectivity index (χ2n) is 6.42. The van der Waals surface area contributed by atoms with Gasteiger partial charge in [-0.2, -0.15) is 5.10 Å². The van der Waals surface area contributed by atoms with E-state index in [4.69, 9.17) is 19.6 Å². The number of thioether (sulfide) groups is 1. The molecule has 28 heavy (non-hydrogen) atoms. The van der Waals surface area contributed by atoms with Gasteiger partial charge in [-0.15, -0.1) is 0 Å². The molecule has 1 aliphatic heterocycles. The predicted molar refractivity (Wildman–Crippen MR) is 110 cm³/mol. The Morgan fingerprint density at radius 3 is 2.46 bits per heavy atom. The number of rotatable bonds is 4. The van der Waals surface area contributed by atoms with Gasteiger partial charge in [-0.25, -0.2) is 14.1 Å². The molecule has 4 rings (SSSR count). The molecule has 0 unspecified atom stereocenters. The molecule has 1 aliphatic rings. The van der Waals surface area contributed by atoms with Crippen LogP contribution in [0.25, 0.3) is 5.69 Å². The molecule has 3 aromatic rings. The maximum atomic E-state index is 13.4. The highest BCUT2D eigenvalue weighted by atomic mass is 32.2. The zero-order valence-corrected chi connectivity index (χ0v) is 16.9. The van der Waals surface area contributed by atoms with Crippen LogP contribution in [0.15, 0.2) is 47.5 Å². The van der Waals surface area contributed by atoms with Gasteiger partial charge >= 0.3 is 0 Å². The molecular weight excluding hydrogens is 377 g/mol. The molecule has 144 valence electrons. The molecule has 1 aromatic heterocycles. The van der Waals surface area contributed by atoms with Gasteiger partial charge < -0.3 is 9.47 Å². The van der Waals surface area contributed by atoms with E-state index in [0.717, 1.165) is 33.4 Å². The Morgan fingerprint density at radius 2 is 1.79 bits per heavy atom. The van der Waals surface area contributed by atoms with E-state index >= 15 is 0 Å². The Bertz CT molecular complexity index is 1060. The van der Waals surface area contributed by atoms with Crippen molar-refractivity contribution < 1.29 is 13.9 Å². The first-order valence-electron chi connectivity index (χ1n) is 8.81. The van der Waals surface area contributed by atoms with E-state index in [1.807, 2.05) is 32.0 Å². The highest BCUT2D eigenvalue weighted by Crippen LogP contribution is 2.51. The number of benzene rings is 2. The van der Waals surface area contributed by atoms with Crippen LogP contribution in [0.2, 0.25) is 0 Å². The van der Waals surface area contributed by atoms with Crippen LogP contribution in [0.1, 0.15) is 29.0 Å². The number of fused-ring (bicyclic) bond motifs is 1. The van der Waals surface area contributed by atoms with Gasteiger partial charge in [-0.05, 0) is 44.2 Å². The molecule has 7 heteroatoms. The lowest BCUT2D eigenvalue weighted by Crippen LogP contribution is -2.08. The molecule has 2 heterocycles. The number of methoxy groups -OCH3 is 2. The summed E-state index contributed by atoms with van der Waals surface area (Å²) in [7, 11) is 3.27. The lowest BCUT2D eigenvalue weighted by Gasteiger charge is -2.24. The molecule has 0 N–H and O–H groups in total. The molecular formula is C21H20FN3O2S. The van der Waals surface area contributed by atoms with Crippen molar-refractivity contribution in [2.24, 2.45) is 4.99 Å². The molecule has 0 saturated carbocycles. The van der Waals surface area contributed by atoms with Crippen LogP contribution >= 0.6 is 11.8 Å². The maximum Gasteiger partial charge on any atom is 0.165 e. The third-order valence-electron chi connectivity index (χ3n) is 4.68. The highest BCUT2D eigenvalue weighted by Gasteiger charge is 2.32. The Labute approximate surface area is 167 Å². The van der Waals surface area contributed by atoms with E-state index in [9.17, 15) is 4.39 Å². The topological polar surface area (TPSA) is 48.6 Å². The number of ether oxygens (including phenoxy) is 2. The zero-order chi connectivity index (χ0) is 19.8. The van der Waals surface area contributed by atoms with Gasteiger partial charge in [0.05, 0.1) is 35.9 Å². The predicted octanol–water partition coefficient (Wildman–Crippen LogP) is 5.22. The number of aryl methyl sites for hydroxylation is 1. The summed E-state index contributed by atoms with van der Waals surface area (Å²) in [6.45, 7) is 3.94. The van der Waals surface area contributed by atoms with Crippen molar-refractivity contribution in [3.63, 3.8) is 0 Å². The van der Waals surface area contributed by atoms with Crippen LogP contribution in [0.4, 0.5) is 10.2 Å². The standard InChI is InChI=1S/C21H20FN3O2S/c1-12-18-20(16-6-5-7-17(26-3)19(16)27-4)28-13(2)23-21(18)25(24-12)15-10-8-14(22)9-11-15/h5-11,20H,1-4H3/t20-/m1/s1. The molecule has 0 amide bonds. The lowest BCUT2D eigenvalue weighted by molar-refractivity contribution is 0.352. The number of hydrogen-bond acceptors (Lipinski definition) is 5. The van der Waals surface area contributed by atoms with Crippen LogP contribution in [-0.2, 0) is 0 Å². The van der Waals surface area contributed by atoms with Crippen molar-refractivity contribution in [2.75, 3.05) is 14.2 Å². The fourth-order valence-electron chi connectivity index (χ4n) is 3.45. The van der Waals surface area contributed by atoms with E-state index < -0.39 is 0 Å². The molecule has 0 radical (unpaired) electrons. The number of hydrogen-bond donors (Lipinski definition) is 0. The first-order chi connectivity index (χ1) is 13.5. The second-order valence-corrected chi connectivity index (χ2v) is 7.72. The molecule has 0 fully saturated rings. The van der Waals surface area contributed by atoms with Gasteiger partial charge in [0.2, 0.25) is 0 Å². The Kier molecular flexibility index (Phi) is 4.85. The van der Waals surface area contributed by atoms with Gasteiger partial charge in [0.25, 0.3) is 0 Å². The van der Waals surface area contributed by atoms with Gasteiger partial charge in [0, 0.05) is 11.1 Å². The minimum Gasteiger partial charge on any atom is -0.493 e. The maximum absolute atomic E-state index is 13.4. The monoisotopic (exact) mass is 397 g/mol. The van der Waals surface area contributed by atoms with Crippen molar-refractivity contribution in [1.82, 2.24) is 9.78 Å². The van der Waals surface area contributed by atoms with Gasteiger partial charge in [0.15, 0.2) is 17.3 Å². The van der Waals surface area contributed by atoms with Crippen LogP contribution in [0.5, 0.6) is 11.5 Å². The number of halogens is 1. The van der Waals surface area contributed by atoms with E-state index in [-0.39, 0.29) is 11.1 Å². The van der Waals surface area contributed by atoms with Crippen LogP contribution in [0, 0.1) is 12.7 Å². The number of aliphatic imine (C=N–C) groups is 1. The molecule has 0 saturated heterocycles. The average molecular weight is 397 g/mol. The first-order valence-corrected chi connectivity index (χ1v) is 9.69. The fraction of sp³-hybridized carbons (Fsp3) is 0.238. The summed E-state index contributed by atoms with van der Waals surface area (Å²) in [5.41, 5.74) is 3.67. The molecule has 0 bridgehead atoms. The smallest absolute Gasteiger partial charge is 0.165 e. The largest absolute Gasteiger partial charge is 0.493 e. The number of nitrogens with zero attached hydrogens (tertiary/aromatic N) is 3. The molecule has 2 aromatic carbocycles. The van der Waals surface area contributed by atoms with Gasteiger partial charge in [-0.3, -0.25) is 0 Å². The van der Waals surface area contributed by atoms with E-state index in [0.29, 0.717) is 11.5 Å². The summed E-state index contributed by atoms with van der Waals surface area (Å²) in [4.78, 5) is 4.75. The number of para-hydroxylation sites is 1. The quantitative estimate of drug-likeness (QED) is 0.605. The molecule has 5 nitrogen and oxygen atoms in total. The minimum absolute atomic E-state index is 0.0354. The fourth-order valence-corrected chi connectivity index (χ4v) is 4.63. The Morgan fingerprint density at radius 1 is 1.04 bits per heavy atom. The van der Waals surface area contributed by atoms with Gasteiger partial charge in [0.1, 0.15) is 5.82 Å². The summed E-state index contributed by atoms with van der Waals surface area (Å²) in [5, 5.41) is 5.59. The number of aromatic nitrogens is 2. The zero-order valence-electron chi connectivity index (χ0n) is 16.1. The first kappa shape index (κ1) is 18.6. The van der Waals surface area contributed by atoms with Crippen molar-refractivity contribution >= 4 is 22.6 Å². The lowest BCUT2D eigenvalue weighted by atomic mass is 10.0. The van der Waals surface area contributed by atoms with Crippen molar-refractivity contribution in [2.45, 2.75) is 19.1 Å². The summed E-state index contributed by atoms with van der Waals surface area (Å²) < 4.78 is 26.3. The summed E-state index contributed by atoms with van der Waals surface area (Å²) in [6, 6.07) is 12.1. The third-order valence-corrected chi connectivity index (χ3v) is 5.84. The van der Waals surface area contributed by atoms with Crippen molar-refractivity contribution in [3.8, 4) is 17.2 Å². The van der Waals surface area contributed by atoms with Crippen molar-refractivity contribution in [3.05, 3.63) is 65.1 Å². The van der Waals surface area contributed by atoms with E-state index in [1.165, 1.54) is 12.1 Å². The van der Waals surface area contributed by atoms with E-state index in [1.54, 1.807) is 42.8 Å². The average Bonchev–Trinajstić information content (AvgIpc) is 3.03. The SMILES string of the molecule is COc1cccc([C@H]2SC(C)=Nc3c2c(C)nn3-c2ccc(F)cc2)c1OC. The van der Waals surface area contributed by atoms with Crippen LogP contribution in [-0.4, -0.2) is 29.0 Å². The van der Waals surface area contributed by atoms with Crippen LogP contribution in [0.3, 0.4) is 0 Å². The summed E-state index contributed by atoms with van der Waals surface area (Å²) >= 11 is 1.66. The second kappa shape index (κ2) is 7.31. The van der Waals surface area contributed by atoms with Crippen LogP contribution < -0.4 is 9.47 Å². The molecule has 0 aliphatic carbocycles. The Hall–Kier alpha value is -2.80. The summed E-state index contributed by atoms with van der Waals surface area (Å²) in [6.07, 6.45) is 0. The minimum atomic E-state index is -0.282. The third kappa shape index (κ3) is 3.05. The molecule has 0 spiro atoms. The summed E-state index contributed by atoms with van der Waals surface area (Å²) in [5.74, 6) is 1.87. The highest BCUT2D eigenvalue weighted by molar-refractivity contribution is 8.14. The van der Waals surface area contributed by atoms with E-state index in [2.05, 4.69) is 0 Å². The Balaban J connectivity index is 1.90.